The maximum absolute atomic E-state index is 10.1. The Morgan fingerprint density at radius 2 is 1.11 bits per heavy atom. The van der Waals surface area contributed by atoms with Crippen LogP contribution in [0.5, 0.6) is 0 Å². The van der Waals surface area contributed by atoms with Crippen molar-refractivity contribution in [2.45, 2.75) is 52.6 Å². The average Bonchev–Trinajstić information content (AvgIpc) is 2.35. The van der Waals surface area contributed by atoms with E-state index in [1.807, 2.05) is 13.8 Å². The van der Waals surface area contributed by atoms with Crippen LogP contribution in [0.1, 0.15) is 40.5 Å². The molecular formula is C12H24N2NiO4. The summed E-state index contributed by atoms with van der Waals surface area (Å²) in [4.78, 5) is 20.1. The monoisotopic (exact) mass is 318 g/mol. The summed E-state index contributed by atoms with van der Waals surface area (Å²) in [6, 6.07) is -1.62. The number of carboxylic acids is 2. The van der Waals surface area contributed by atoms with Crippen molar-refractivity contribution in [3.8, 4) is 0 Å². The van der Waals surface area contributed by atoms with E-state index in [2.05, 4.69) is 0 Å². The van der Waals surface area contributed by atoms with Crippen LogP contribution in [0, 0.1) is 11.8 Å². The quantitative estimate of drug-likeness (QED) is 0.556. The van der Waals surface area contributed by atoms with Gasteiger partial charge in [0.05, 0.1) is 11.9 Å². The molecule has 0 radical (unpaired) electrons. The number of hydrogen-bond donors (Lipinski definition) is 2. The first-order valence-corrected chi connectivity index (χ1v) is 6.11. The Morgan fingerprint density at radius 3 is 1.16 bits per heavy atom. The maximum Gasteiger partial charge on any atom is 2.00 e. The molecular weight excluding hydrogens is 295 g/mol. The summed E-state index contributed by atoms with van der Waals surface area (Å²) in [5.74, 6) is -2.31. The second-order valence-corrected chi connectivity index (χ2v) is 4.46. The van der Waals surface area contributed by atoms with E-state index >= 15 is 0 Å². The van der Waals surface area contributed by atoms with Crippen molar-refractivity contribution in [3.05, 3.63) is 0 Å². The van der Waals surface area contributed by atoms with Crippen LogP contribution in [-0.2, 0) is 26.1 Å². The first-order chi connectivity index (χ1) is 8.18. The molecule has 0 bridgehead atoms. The molecule has 0 saturated heterocycles. The molecule has 0 saturated carbocycles. The minimum absolute atomic E-state index is 0. The molecule has 0 fully saturated rings. The van der Waals surface area contributed by atoms with Gasteiger partial charge < -0.3 is 31.3 Å². The van der Waals surface area contributed by atoms with Crippen LogP contribution in [0.15, 0.2) is 0 Å². The van der Waals surface area contributed by atoms with Crippen molar-refractivity contribution in [1.82, 2.24) is 0 Å². The van der Waals surface area contributed by atoms with E-state index in [0.29, 0.717) is 0 Å². The third kappa shape index (κ3) is 10.9. The van der Waals surface area contributed by atoms with E-state index in [0.717, 1.165) is 12.8 Å². The number of carbonyl (C=O) groups is 2. The van der Waals surface area contributed by atoms with Gasteiger partial charge in [-0.1, -0.05) is 40.5 Å². The zero-order chi connectivity index (χ0) is 14.9. The smallest absolute Gasteiger partial charge is 0.548 e. The van der Waals surface area contributed by atoms with Crippen LogP contribution in [0.25, 0.3) is 0 Å². The number of hydrogen-bond acceptors (Lipinski definition) is 6. The molecule has 0 unspecified atom stereocenters. The van der Waals surface area contributed by atoms with Crippen LogP contribution in [0.4, 0.5) is 0 Å². The second kappa shape index (κ2) is 12.4. The Morgan fingerprint density at radius 1 is 0.895 bits per heavy atom. The Bertz CT molecular complexity index is 238. The predicted molar refractivity (Wildman–Crippen MR) is 64.9 cm³/mol. The molecule has 0 aliphatic rings. The van der Waals surface area contributed by atoms with E-state index in [-0.39, 0.29) is 28.3 Å². The van der Waals surface area contributed by atoms with Gasteiger partial charge in [0, 0.05) is 12.1 Å². The molecule has 0 heterocycles. The molecule has 4 N–H and O–H groups in total. The topological polar surface area (TPSA) is 132 Å². The molecule has 19 heavy (non-hydrogen) atoms. The fourth-order valence-corrected chi connectivity index (χ4v) is 0.972. The van der Waals surface area contributed by atoms with Crippen molar-refractivity contribution in [1.29, 1.82) is 0 Å². The molecule has 0 aromatic rings. The Balaban J connectivity index is -0.000000256. The molecule has 4 atom stereocenters. The first kappa shape index (κ1) is 23.4. The summed E-state index contributed by atoms with van der Waals surface area (Å²) >= 11 is 0. The Labute approximate surface area is 124 Å². The summed E-state index contributed by atoms with van der Waals surface area (Å²) in [7, 11) is 0. The van der Waals surface area contributed by atoms with Crippen molar-refractivity contribution < 1.29 is 36.3 Å². The van der Waals surface area contributed by atoms with Gasteiger partial charge in [-0.2, -0.15) is 0 Å². The molecule has 0 amide bonds. The average molecular weight is 319 g/mol. The van der Waals surface area contributed by atoms with E-state index in [4.69, 9.17) is 11.5 Å². The summed E-state index contributed by atoms with van der Waals surface area (Å²) in [6.45, 7) is 7.38. The van der Waals surface area contributed by atoms with Gasteiger partial charge >= 0.3 is 16.5 Å². The van der Waals surface area contributed by atoms with Crippen molar-refractivity contribution >= 4 is 11.9 Å². The molecule has 0 spiro atoms. The Kier molecular flexibility index (Phi) is 15.3. The van der Waals surface area contributed by atoms with Gasteiger partial charge in [-0.3, -0.25) is 0 Å². The zero-order valence-electron chi connectivity index (χ0n) is 11.8. The summed E-state index contributed by atoms with van der Waals surface area (Å²) in [6.07, 6.45) is 1.55. The standard InChI is InChI=1S/2C6H13NO2.Ni/c2*1-3-4(2)5(7)6(8)9;/h2*4-5H,3,7H2,1-2H3,(H,8,9);/q;;+2/p-2/t2*4-,5-;/m00./s1. The molecule has 0 aromatic heterocycles. The van der Waals surface area contributed by atoms with E-state index in [1.165, 1.54) is 0 Å². The van der Waals surface area contributed by atoms with Crippen molar-refractivity contribution in [2.75, 3.05) is 0 Å². The predicted octanol–water partition coefficient (Wildman–Crippen LogP) is -1.78. The molecule has 0 aliphatic carbocycles. The summed E-state index contributed by atoms with van der Waals surface area (Å²) < 4.78 is 0. The SMILES string of the molecule is CC[C@H](C)[C@H](N)C(=O)[O-].CC[C@H](C)[C@H](N)C(=O)[O-].[Ni+2]. The fourth-order valence-electron chi connectivity index (χ4n) is 0.972. The largest absolute Gasteiger partial charge is 2.00 e. The number of rotatable bonds is 6. The first-order valence-electron chi connectivity index (χ1n) is 6.11. The fraction of sp³-hybridized carbons (Fsp3) is 0.833. The number of carboxylic acid groups (broad SMARTS) is 2. The van der Waals surface area contributed by atoms with Crippen LogP contribution in [-0.4, -0.2) is 24.0 Å². The minimum atomic E-state index is -1.16. The zero-order valence-corrected chi connectivity index (χ0v) is 12.8. The van der Waals surface area contributed by atoms with E-state index in [1.54, 1.807) is 13.8 Å². The molecule has 116 valence electrons. The third-order valence-corrected chi connectivity index (χ3v) is 3.06. The molecule has 0 aliphatic heterocycles. The van der Waals surface area contributed by atoms with Crippen LogP contribution in [0.3, 0.4) is 0 Å². The normalized spacial score (nSPS) is 15.9. The van der Waals surface area contributed by atoms with Crippen LogP contribution in [0.2, 0.25) is 0 Å². The van der Waals surface area contributed by atoms with Gasteiger partial charge in [-0.05, 0) is 11.8 Å². The number of aliphatic carboxylic acids is 2. The summed E-state index contributed by atoms with van der Waals surface area (Å²) in [5, 5.41) is 20.1. The van der Waals surface area contributed by atoms with E-state index < -0.39 is 24.0 Å². The number of carbonyl (C=O) groups excluding carboxylic acids is 2. The van der Waals surface area contributed by atoms with E-state index in [9.17, 15) is 19.8 Å². The van der Waals surface area contributed by atoms with Crippen molar-refractivity contribution in [2.24, 2.45) is 23.3 Å². The Hall–Kier alpha value is -0.646. The van der Waals surface area contributed by atoms with Gasteiger partial charge in [0.25, 0.3) is 0 Å². The van der Waals surface area contributed by atoms with Crippen LogP contribution < -0.4 is 21.7 Å². The van der Waals surface area contributed by atoms with Gasteiger partial charge in [0.15, 0.2) is 0 Å². The maximum atomic E-state index is 10.1. The van der Waals surface area contributed by atoms with Gasteiger partial charge in [0.2, 0.25) is 0 Å². The van der Waals surface area contributed by atoms with Gasteiger partial charge in [-0.15, -0.1) is 0 Å². The molecule has 6 nitrogen and oxygen atoms in total. The molecule has 7 heteroatoms. The molecule has 0 rings (SSSR count). The van der Waals surface area contributed by atoms with Crippen molar-refractivity contribution in [3.63, 3.8) is 0 Å². The number of nitrogens with two attached hydrogens (primary N) is 2. The van der Waals surface area contributed by atoms with Gasteiger partial charge in [-0.25, -0.2) is 0 Å². The molecule has 0 aromatic carbocycles. The van der Waals surface area contributed by atoms with Crippen LogP contribution >= 0.6 is 0 Å². The third-order valence-electron chi connectivity index (χ3n) is 3.06. The van der Waals surface area contributed by atoms with Gasteiger partial charge in [0.1, 0.15) is 0 Å². The summed E-state index contributed by atoms with van der Waals surface area (Å²) in [5.41, 5.74) is 10.4. The second-order valence-electron chi connectivity index (χ2n) is 4.46. The minimum Gasteiger partial charge on any atom is -0.548 e.